The Morgan fingerprint density at radius 1 is 1.35 bits per heavy atom. The van der Waals surface area contributed by atoms with Crippen LogP contribution in [-0.2, 0) is 17.8 Å². The number of hydrogen-bond donors (Lipinski definition) is 2. The van der Waals surface area contributed by atoms with Crippen LogP contribution in [0.1, 0.15) is 49.6 Å². The number of carboxylic acid groups (broad SMARTS) is 1. The highest BCUT2D eigenvalue weighted by atomic mass is 35.5. The standard InChI is InChI=1S/C29H28ClFN4O2/c1-5-17(3)18(4)33-15-20(6-2)21-8-10-25-23(13-21)29(28(30)26(14-32)35-25)34-16-22-11-19(12-27(36)37)7-9-24(22)31/h6-11,13,15,17H,2,5,12,16H2,1,3-4H3,(H,34,35)(H,36,37)/b20-15+,33-18?. The topological polar surface area (TPSA) is 98.4 Å². The van der Waals surface area contributed by atoms with Gasteiger partial charge in [-0.05, 0) is 54.2 Å². The Hall–Kier alpha value is -4.02. The number of aromatic nitrogens is 1. The molecule has 3 aromatic rings. The second-order valence-electron chi connectivity index (χ2n) is 8.71. The van der Waals surface area contributed by atoms with Gasteiger partial charge in [-0.15, -0.1) is 0 Å². The van der Waals surface area contributed by atoms with Gasteiger partial charge in [0.1, 0.15) is 16.9 Å². The summed E-state index contributed by atoms with van der Waals surface area (Å²) in [5.41, 5.74) is 4.39. The SMILES string of the molecule is C=C/C(=C\N=C(C)C(C)CC)c1ccc2nc(C#N)c(Cl)c(NCc3cc(CC(=O)O)ccc3F)c2c1. The lowest BCUT2D eigenvalue weighted by molar-refractivity contribution is -0.136. The number of hydrogen-bond acceptors (Lipinski definition) is 5. The lowest BCUT2D eigenvalue weighted by Gasteiger charge is -2.15. The molecule has 1 aromatic heterocycles. The molecule has 0 saturated heterocycles. The molecule has 190 valence electrons. The fraction of sp³-hybridized carbons (Fsp3) is 0.241. The molecule has 0 saturated carbocycles. The number of pyridine rings is 1. The molecule has 6 nitrogen and oxygen atoms in total. The minimum absolute atomic E-state index is 0.0236. The number of anilines is 1. The Bertz CT molecular complexity index is 1460. The van der Waals surface area contributed by atoms with Crippen LogP contribution in [0.15, 0.2) is 60.2 Å². The van der Waals surface area contributed by atoms with Gasteiger partial charge in [0.2, 0.25) is 0 Å². The van der Waals surface area contributed by atoms with Crippen LogP contribution < -0.4 is 5.32 Å². The van der Waals surface area contributed by atoms with Gasteiger partial charge in [0.15, 0.2) is 5.69 Å². The van der Waals surface area contributed by atoms with Crippen LogP contribution >= 0.6 is 11.6 Å². The average Bonchev–Trinajstić information content (AvgIpc) is 2.88. The molecule has 0 aliphatic heterocycles. The number of carbonyl (C=O) groups is 1. The Labute approximate surface area is 220 Å². The van der Waals surface area contributed by atoms with E-state index < -0.39 is 11.8 Å². The number of allylic oxidation sites excluding steroid dienone is 2. The molecule has 0 fully saturated rings. The largest absolute Gasteiger partial charge is 0.481 e. The van der Waals surface area contributed by atoms with E-state index in [1.807, 2.05) is 25.1 Å². The second-order valence-corrected chi connectivity index (χ2v) is 9.09. The number of fused-ring (bicyclic) bond motifs is 1. The Balaban J connectivity index is 2.06. The number of nitriles is 1. The van der Waals surface area contributed by atoms with Crippen molar-refractivity contribution in [3.05, 3.63) is 88.5 Å². The van der Waals surface area contributed by atoms with Gasteiger partial charge in [-0.2, -0.15) is 5.26 Å². The first-order valence-electron chi connectivity index (χ1n) is 11.8. The van der Waals surface area contributed by atoms with Crippen molar-refractivity contribution >= 4 is 45.4 Å². The Morgan fingerprint density at radius 2 is 2.11 bits per heavy atom. The molecule has 0 aliphatic rings. The predicted octanol–water partition coefficient (Wildman–Crippen LogP) is 7.17. The van der Waals surface area contributed by atoms with E-state index in [2.05, 4.69) is 35.7 Å². The van der Waals surface area contributed by atoms with Gasteiger partial charge < -0.3 is 10.4 Å². The molecule has 37 heavy (non-hydrogen) atoms. The average molecular weight is 519 g/mol. The van der Waals surface area contributed by atoms with Gasteiger partial charge in [0, 0.05) is 29.4 Å². The van der Waals surface area contributed by atoms with Gasteiger partial charge in [0.25, 0.3) is 0 Å². The van der Waals surface area contributed by atoms with E-state index in [0.717, 1.165) is 23.3 Å². The molecule has 2 N–H and O–H groups in total. The summed E-state index contributed by atoms with van der Waals surface area (Å²) in [6.45, 7) is 10.2. The molecule has 8 heteroatoms. The first-order chi connectivity index (χ1) is 17.7. The predicted molar refractivity (Wildman–Crippen MR) is 147 cm³/mol. The maximum atomic E-state index is 14.5. The van der Waals surface area contributed by atoms with Gasteiger partial charge in [-0.25, -0.2) is 9.37 Å². The first-order valence-corrected chi connectivity index (χ1v) is 12.2. The minimum Gasteiger partial charge on any atom is -0.481 e. The third kappa shape index (κ3) is 6.60. The second kappa shape index (κ2) is 12.3. The Morgan fingerprint density at radius 3 is 2.76 bits per heavy atom. The summed E-state index contributed by atoms with van der Waals surface area (Å²) in [6.07, 6.45) is 4.25. The highest BCUT2D eigenvalue weighted by Gasteiger charge is 2.16. The molecule has 0 radical (unpaired) electrons. The highest BCUT2D eigenvalue weighted by Crippen LogP contribution is 2.35. The van der Waals surface area contributed by atoms with Crippen LogP contribution in [0.2, 0.25) is 5.02 Å². The van der Waals surface area contributed by atoms with Crippen molar-refractivity contribution in [2.45, 2.75) is 40.2 Å². The van der Waals surface area contributed by atoms with Crippen LogP contribution in [0.3, 0.4) is 0 Å². The minimum atomic E-state index is -1.00. The smallest absolute Gasteiger partial charge is 0.307 e. The van der Waals surface area contributed by atoms with Crippen LogP contribution in [0.4, 0.5) is 10.1 Å². The molecule has 0 aliphatic carbocycles. The summed E-state index contributed by atoms with van der Waals surface area (Å²) in [5, 5.41) is 22.5. The Kier molecular flexibility index (Phi) is 9.15. The van der Waals surface area contributed by atoms with Crippen molar-refractivity contribution in [2.75, 3.05) is 5.32 Å². The number of nitrogens with one attached hydrogen (secondary N) is 1. The number of carboxylic acids is 1. The van der Waals surface area contributed by atoms with E-state index >= 15 is 0 Å². The van der Waals surface area contributed by atoms with Crippen molar-refractivity contribution in [1.82, 2.24) is 4.98 Å². The normalized spacial score (nSPS) is 12.8. The van der Waals surface area contributed by atoms with Gasteiger partial charge >= 0.3 is 5.97 Å². The highest BCUT2D eigenvalue weighted by molar-refractivity contribution is 6.35. The number of aliphatic carboxylic acids is 1. The van der Waals surface area contributed by atoms with Crippen molar-refractivity contribution in [1.29, 1.82) is 5.26 Å². The fourth-order valence-corrected chi connectivity index (χ4v) is 3.99. The number of aliphatic imine (C=N–C) groups is 1. The first kappa shape index (κ1) is 27.6. The third-order valence-electron chi connectivity index (χ3n) is 6.24. The van der Waals surface area contributed by atoms with Gasteiger partial charge in [0.05, 0.1) is 17.6 Å². The molecule has 1 atom stereocenters. The van der Waals surface area contributed by atoms with E-state index in [1.54, 1.807) is 18.3 Å². The molecule has 1 heterocycles. The quantitative estimate of drug-likeness (QED) is 0.219. The van der Waals surface area contributed by atoms with Crippen LogP contribution in [0.25, 0.3) is 16.5 Å². The number of rotatable bonds is 10. The van der Waals surface area contributed by atoms with E-state index in [-0.39, 0.29) is 29.2 Å². The van der Waals surface area contributed by atoms with E-state index in [1.165, 1.54) is 18.2 Å². The zero-order chi connectivity index (χ0) is 27.1. The van der Waals surface area contributed by atoms with Crippen LogP contribution in [0, 0.1) is 23.1 Å². The molecule has 0 spiro atoms. The maximum absolute atomic E-state index is 14.5. The molecular weight excluding hydrogens is 491 g/mol. The van der Waals surface area contributed by atoms with Crippen LogP contribution in [-0.4, -0.2) is 21.8 Å². The lowest BCUT2D eigenvalue weighted by Crippen LogP contribution is -2.07. The molecule has 0 amide bonds. The summed E-state index contributed by atoms with van der Waals surface area (Å²) in [5.74, 6) is -1.13. The molecule has 0 bridgehead atoms. The lowest BCUT2D eigenvalue weighted by atomic mass is 10.0. The van der Waals surface area contributed by atoms with Crippen molar-refractivity contribution in [2.24, 2.45) is 10.9 Å². The summed E-state index contributed by atoms with van der Waals surface area (Å²) in [6, 6.07) is 11.7. The maximum Gasteiger partial charge on any atom is 0.307 e. The number of nitrogens with zero attached hydrogens (tertiary/aromatic N) is 3. The van der Waals surface area contributed by atoms with Crippen molar-refractivity contribution in [3.8, 4) is 6.07 Å². The van der Waals surface area contributed by atoms with E-state index in [9.17, 15) is 14.4 Å². The summed E-state index contributed by atoms with van der Waals surface area (Å²) >= 11 is 6.54. The van der Waals surface area contributed by atoms with E-state index in [4.69, 9.17) is 16.7 Å². The monoisotopic (exact) mass is 518 g/mol. The van der Waals surface area contributed by atoms with Gasteiger partial charge in [-0.1, -0.05) is 56.3 Å². The molecular formula is C29H28ClFN4O2. The molecule has 1 unspecified atom stereocenters. The zero-order valence-electron chi connectivity index (χ0n) is 21.0. The number of benzene rings is 2. The van der Waals surface area contributed by atoms with Crippen molar-refractivity contribution in [3.63, 3.8) is 0 Å². The molecule has 2 aromatic carbocycles. The summed E-state index contributed by atoms with van der Waals surface area (Å²) < 4.78 is 14.5. The van der Waals surface area contributed by atoms with Crippen molar-refractivity contribution < 1.29 is 14.3 Å². The van der Waals surface area contributed by atoms with Gasteiger partial charge in [-0.3, -0.25) is 9.79 Å². The molecule has 3 rings (SSSR count). The van der Waals surface area contributed by atoms with Crippen LogP contribution in [0.5, 0.6) is 0 Å². The summed E-state index contributed by atoms with van der Waals surface area (Å²) in [7, 11) is 0. The number of halogens is 2. The summed E-state index contributed by atoms with van der Waals surface area (Å²) in [4.78, 5) is 20.0. The zero-order valence-corrected chi connectivity index (χ0v) is 21.7. The third-order valence-corrected chi connectivity index (χ3v) is 6.61. The fourth-order valence-electron chi connectivity index (χ4n) is 3.74. The van der Waals surface area contributed by atoms with E-state index in [0.29, 0.717) is 28.1 Å².